The average molecular weight is 564 g/mol. The number of carbonyl (C=O) groups is 4. The lowest BCUT2D eigenvalue weighted by Gasteiger charge is -2.47. The Bertz CT molecular complexity index is 1180. The molecule has 16 heteroatoms. The first-order valence-electron chi connectivity index (χ1n) is 13.0. The highest BCUT2D eigenvalue weighted by Gasteiger charge is 2.60. The second kappa shape index (κ2) is 10.8. The highest BCUT2D eigenvalue weighted by molar-refractivity contribution is 8.03. The lowest BCUT2D eigenvalue weighted by atomic mass is 9.78. The highest BCUT2D eigenvalue weighted by atomic mass is 32.2. The number of nitrogens with two attached hydrogens (primary N) is 1. The summed E-state index contributed by atoms with van der Waals surface area (Å²) >= 11 is 1.39. The van der Waals surface area contributed by atoms with Crippen LogP contribution in [0.3, 0.4) is 0 Å². The van der Waals surface area contributed by atoms with Crippen LogP contribution in [0.15, 0.2) is 16.9 Å². The molecule has 0 radical (unpaired) electrons. The molecule has 5 rings (SSSR count). The number of tetrazole rings is 1. The van der Waals surface area contributed by atoms with Gasteiger partial charge in [0, 0.05) is 41.2 Å². The number of fused-ring (bicyclic) bond motifs is 1. The van der Waals surface area contributed by atoms with Gasteiger partial charge in [-0.1, -0.05) is 6.92 Å². The van der Waals surface area contributed by atoms with Gasteiger partial charge in [-0.15, -0.1) is 16.9 Å². The lowest BCUT2D eigenvalue weighted by Crippen LogP contribution is -2.66. The Morgan fingerprint density at radius 1 is 1.36 bits per heavy atom. The number of aliphatic hydroxyl groups excluding tert-OH is 1. The number of aromatic nitrogens is 4. The van der Waals surface area contributed by atoms with E-state index in [1.165, 1.54) is 27.7 Å². The van der Waals surface area contributed by atoms with Crippen molar-refractivity contribution in [1.82, 2.24) is 40.6 Å². The first-order valence-corrected chi connectivity index (χ1v) is 13.9. The standard InChI is InChI=1S/C23H33N9O6S/c1-10-18-17(11(2)27-16(34)7-30-9-26-28-29-30)22(36)32(18)19(23(37)38)20(10)39-12-5-14(25-6-12)21(35)31-4-3-13(24)15(31)8-33/h9-15,17-18,25,33H,3-8,24H2,1-2H3,(H,27,34)(H,37,38)/t10-,11-,12+,13-,14+,15-,17-,18-/m1/s1. The number of likely N-dealkylation sites (tertiary alicyclic amines) is 1. The summed E-state index contributed by atoms with van der Waals surface area (Å²) in [6.07, 6.45) is 2.44. The van der Waals surface area contributed by atoms with Crippen LogP contribution in [0.5, 0.6) is 0 Å². The van der Waals surface area contributed by atoms with E-state index in [-0.39, 0.29) is 53.8 Å². The minimum Gasteiger partial charge on any atom is -0.477 e. The van der Waals surface area contributed by atoms with Gasteiger partial charge in [0.25, 0.3) is 0 Å². The number of carboxylic acids is 1. The molecular formula is C23H33N9O6S. The van der Waals surface area contributed by atoms with E-state index in [1.54, 1.807) is 11.8 Å². The molecule has 0 unspecified atom stereocenters. The van der Waals surface area contributed by atoms with Gasteiger partial charge in [-0.3, -0.25) is 14.4 Å². The molecule has 0 aliphatic carbocycles. The molecule has 3 saturated heterocycles. The topological polar surface area (TPSA) is 209 Å². The van der Waals surface area contributed by atoms with E-state index in [9.17, 15) is 29.4 Å². The van der Waals surface area contributed by atoms with Gasteiger partial charge in [-0.25, -0.2) is 9.48 Å². The zero-order valence-corrected chi connectivity index (χ0v) is 22.5. The van der Waals surface area contributed by atoms with Crippen LogP contribution in [0.4, 0.5) is 0 Å². The van der Waals surface area contributed by atoms with Crippen LogP contribution in [-0.4, -0.2) is 119 Å². The summed E-state index contributed by atoms with van der Waals surface area (Å²) in [4.78, 5) is 54.6. The number of hydrogen-bond donors (Lipinski definition) is 5. The summed E-state index contributed by atoms with van der Waals surface area (Å²) in [7, 11) is 0. The Balaban J connectivity index is 1.23. The van der Waals surface area contributed by atoms with E-state index < -0.39 is 36.1 Å². The van der Waals surface area contributed by atoms with Gasteiger partial charge in [0.15, 0.2) is 0 Å². The average Bonchev–Trinajstić information content (AvgIpc) is 3.67. The molecule has 39 heavy (non-hydrogen) atoms. The fourth-order valence-electron chi connectivity index (χ4n) is 6.23. The molecule has 3 amide bonds. The fraction of sp³-hybridized carbons (Fsp3) is 0.696. The monoisotopic (exact) mass is 563 g/mol. The van der Waals surface area contributed by atoms with E-state index in [1.807, 2.05) is 6.92 Å². The zero-order valence-electron chi connectivity index (χ0n) is 21.6. The Labute approximate surface area is 228 Å². The molecule has 1 aromatic heterocycles. The zero-order chi connectivity index (χ0) is 28.0. The Hall–Kier alpha value is -3.08. The molecule has 4 aliphatic rings. The number of amides is 3. The number of hydrogen-bond acceptors (Lipinski definition) is 11. The molecule has 212 valence electrons. The molecule has 0 aromatic carbocycles. The number of carbonyl (C=O) groups excluding carboxylic acids is 3. The van der Waals surface area contributed by atoms with Gasteiger partial charge >= 0.3 is 5.97 Å². The quantitative estimate of drug-likeness (QED) is 0.195. The maximum Gasteiger partial charge on any atom is 0.353 e. The summed E-state index contributed by atoms with van der Waals surface area (Å²) in [6.45, 7) is 4.34. The summed E-state index contributed by atoms with van der Waals surface area (Å²) < 4.78 is 1.27. The summed E-state index contributed by atoms with van der Waals surface area (Å²) in [5, 5.41) is 36.3. The molecule has 0 spiro atoms. The van der Waals surface area contributed by atoms with Gasteiger partial charge < -0.3 is 36.4 Å². The van der Waals surface area contributed by atoms with Crippen LogP contribution in [0.25, 0.3) is 0 Å². The molecule has 0 saturated carbocycles. The fourth-order valence-corrected chi connectivity index (χ4v) is 7.71. The van der Waals surface area contributed by atoms with Gasteiger partial charge in [0.2, 0.25) is 17.7 Å². The maximum absolute atomic E-state index is 13.1. The van der Waals surface area contributed by atoms with E-state index in [0.29, 0.717) is 30.8 Å². The van der Waals surface area contributed by atoms with Crippen molar-refractivity contribution >= 4 is 35.5 Å². The second-order valence-corrected chi connectivity index (χ2v) is 11.9. The number of carboxylic acid groups (broad SMARTS) is 1. The van der Waals surface area contributed by atoms with Crippen molar-refractivity contribution in [2.75, 3.05) is 19.7 Å². The highest BCUT2D eigenvalue weighted by Crippen LogP contribution is 2.51. The predicted octanol–water partition coefficient (Wildman–Crippen LogP) is -2.67. The Morgan fingerprint density at radius 2 is 2.13 bits per heavy atom. The summed E-state index contributed by atoms with van der Waals surface area (Å²) in [6, 6.07) is -2.02. The van der Waals surface area contributed by atoms with Gasteiger partial charge in [-0.05, 0) is 30.2 Å². The molecule has 5 heterocycles. The minimum atomic E-state index is -1.18. The molecule has 1 aromatic rings. The van der Waals surface area contributed by atoms with E-state index in [2.05, 4.69) is 26.2 Å². The second-order valence-electron chi connectivity index (χ2n) is 10.6. The van der Waals surface area contributed by atoms with Crippen molar-refractivity contribution in [3.8, 4) is 0 Å². The van der Waals surface area contributed by atoms with Crippen molar-refractivity contribution in [3.63, 3.8) is 0 Å². The largest absolute Gasteiger partial charge is 0.477 e. The van der Waals surface area contributed by atoms with Crippen molar-refractivity contribution in [3.05, 3.63) is 16.9 Å². The summed E-state index contributed by atoms with van der Waals surface area (Å²) in [5.74, 6) is -2.81. The van der Waals surface area contributed by atoms with Crippen LogP contribution in [0, 0.1) is 11.8 Å². The third-order valence-electron chi connectivity index (χ3n) is 8.17. The van der Waals surface area contributed by atoms with Crippen LogP contribution in [0.1, 0.15) is 26.7 Å². The van der Waals surface area contributed by atoms with Gasteiger partial charge in [0.1, 0.15) is 18.6 Å². The first kappa shape index (κ1) is 27.5. The van der Waals surface area contributed by atoms with Crippen LogP contribution in [0.2, 0.25) is 0 Å². The Morgan fingerprint density at radius 3 is 2.79 bits per heavy atom. The van der Waals surface area contributed by atoms with E-state index in [4.69, 9.17) is 5.73 Å². The molecule has 6 N–H and O–H groups in total. The van der Waals surface area contributed by atoms with Crippen molar-refractivity contribution in [2.24, 2.45) is 17.6 Å². The van der Waals surface area contributed by atoms with Crippen LogP contribution < -0.4 is 16.4 Å². The van der Waals surface area contributed by atoms with E-state index in [0.717, 1.165) is 0 Å². The number of thioether (sulfide) groups is 1. The first-order chi connectivity index (χ1) is 18.6. The number of β-lactam (4-membered cyclic amide) rings is 1. The van der Waals surface area contributed by atoms with Gasteiger partial charge in [-0.2, -0.15) is 0 Å². The summed E-state index contributed by atoms with van der Waals surface area (Å²) in [5.41, 5.74) is 6.02. The number of nitrogens with one attached hydrogen (secondary N) is 2. The Kier molecular flexibility index (Phi) is 7.63. The minimum absolute atomic E-state index is 0.0217. The third-order valence-corrected chi connectivity index (χ3v) is 9.68. The van der Waals surface area contributed by atoms with Crippen molar-refractivity contribution < 1.29 is 29.4 Å². The van der Waals surface area contributed by atoms with Crippen molar-refractivity contribution in [2.45, 2.75) is 68.7 Å². The smallest absolute Gasteiger partial charge is 0.353 e. The van der Waals surface area contributed by atoms with E-state index >= 15 is 0 Å². The molecular weight excluding hydrogens is 530 g/mol. The number of aliphatic carboxylic acids is 1. The lowest BCUT2D eigenvalue weighted by molar-refractivity contribution is -0.158. The predicted molar refractivity (Wildman–Crippen MR) is 136 cm³/mol. The molecule has 15 nitrogen and oxygen atoms in total. The van der Waals surface area contributed by atoms with Crippen molar-refractivity contribution in [1.29, 1.82) is 0 Å². The molecule has 8 atom stereocenters. The number of aliphatic hydroxyl groups is 1. The SMILES string of the molecule is C[C@@H](NC(=O)Cn1cnnn1)[C@H]1C(=O)N2C(C(=O)O)=C(S[C@@H]3CN[C@H](C(=O)N4CC[C@@H](N)[C@H]4CO)C3)[C@H](C)[C@H]12. The molecule has 4 aliphatic heterocycles. The number of rotatable bonds is 9. The molecule has 0 bridgehead atoms. The number of nitrogens with zero attached hydrogens (tertiary/aromatic N) is 6. The molecule has 3 fully saturated rings. The van der Waals surface area contributed by atoms with Crippen LogP contribution >= 0.6 is 11.8 Å². The maximum atomic E-state index is 13.1. The third kappa shape index (κ3) is 4.90. The van der Waals surface area contributed by atoms with Crippen LogP contribution in [-0.2, 0) is 25.7 Å². The van der Waals surface area contributed by atoms with Gasteiger partial charge in [0.05, 0.1) is 30.7 Å². The normalized spacial score (nSPS) is 32.8.